The molecule has 29 heavy (non-hydrogen) atoms. The molecule has 3 N–H and O–H groups in total. The van der Waals surface area contributed by atoms with Crippen LogP contribution in [0.25, 0.3) is 0 Å². The first-order valence-electron chi connectivity index (χ1n) is 9.22. The molecule has 2 rings (SSSR count). The average Bonchev–Trinajstić information content (AvgIpc) is 2.68. The van der Waals surface area contributed by atoms with Gasteiger partial charge in [0.05, 0.1) is 0 Å². The van der Waals surface area contributed by atoms with Crippen LogP contribution in [0.5, 0.6) is 5.75 Å². The number of ether oxygens (including phenoxy) is 1. The van der Waals surface area contributed by atoms with Gasteiger partial charge < -0.3 is 20.7 Å². The predicted molar refractivity (Wildman–Crippen MR) is 129 cm³/mol. The van der Waals surface area contributed by atoms with E-state index in [1.165, 1.54) is 5.56 Å². The van der Waals surface area contributed by atoms with Gasteiger partial charge in [-0.2, -0.15) is 0 Å². The molecule has 1 amide bonds. The summed E-state index contributed by atoms with van der Waals surface area (Å²) in [5.74, 6) is 0.998. The number of carbonyl (C=O) groups excluding carboxylic acids is 1. The lowest BCUT2D eigenvalue weighted by molar-refractivity contribution is -0.119. The Morgan fingerprint density at radius 2 is 1.76 bits per heavy atom. The lowest BCUT2D eigenvalue weighted by Crippen LogP contribution is -2.38. The number of hydrogen-bond acceptors (Lipinski definition) is 3. The van der Waals surface area contributed by atoms with Crippen LogP contribution in [-0.4, -0.2) is 43.5 Å². The fraction of sp³-hybridized carbons (Fsp3) is 0.333. The summed E-state index contributed by atoms with van der Waals surface area (Å²) in [4.78, 5) is 17.6. The molecule has 0 heterocycles. The quantitative estimate of drug-likeness (QED) is 0.296. The molecule has 0 radical (unpaired) electrons. The highest BCUT2D eigenvalue weighted by Gasteiger charge is 2.06. The van der Waals surface area contributed by atoms with Crippen molar-refractivity contribution in [3.63, 3.8) is 0 Å². The number of aliphatic imine (C=N–C) groups is 1. The smallest absolute Gasteiger partial charge is 0.255 e. The molecule has 2 aromatic rings. The second-order valence-corrected chi connectivity index (χ2v) is 6.80. The standard InChI is InChI=1S/C21H27ClN4O2.HI/c1-3-24-21(26(2)14-17-4-8-18(22)9-5-17)25-13-12-16-6-10-19(11-7-16)28-15-20(23)27;/h4-11H,3,12-15H2,1-2H3,(H2,23,27)(H,24,25);1H. The van der Waals surface area contributed by atoms with E-state index in [1.807, 2.05) is 55.6 Å². The number of nitrogens with two attached hydrogens (primary N) is 1. The van der Waals surface area contributed by atoms with Gasteiger partial charge in [-0.1, -0.05) is 35.9 Å². The molecule has 0 aliphatic rings. The third-order valence-corrected chi connectivity index (χ3v) is 4.25. The topological polar surface area (TPSA) is 80.0 Å². The van der Waals surface area contributed by atoms with Crippen LogP contribution < -0.4 is 15.8 Å². The van der Waals surface area contributed by atoms with Crippen molar-refractivity contribution in [2.24, 2.45) is 10.7 Å². The highest BCUT2D eigenvalue weighted by atomic mass is 127. The van der Waals surface area contributed by atoms with Crippen molar-refractivity contribution in [1.29, 1.82) is 0 Å². The minimum Gasteiger partial charge on any atom is -0.484 e. The fourth-order valence-electron chi connectivity index (χ4n) is 2.61. The van der Waals surface area contributed by atoms with Crippen molar-refractivity contribution in [3.05, 3.63) is 64.7 Å². The number of amides is 1. The Labute approximate surface area is 194 Å². The molecule has 0 saturated carbocycles. The number of nitrogens with one attached hydrogen (secondary N) is 1. The van der Waals surface area contributed by atoms with Crippen molar-refractivity contribution < 1.29 is 9.53 Å². The average molecular weight is 531 g/mol. The lowest BCUT2D eigenvalue weighted by Gasteiger charge is -2.22. The van der Waals surface area contributed by atoms with Gasteiger partial charge in [-0.3, -0.25) is 9.79 Å². The van der Waals surface area contributed by atoms with Gasteiger partial charge in [-0.05, 0) is 48.7 Å². The van der Waals surface area contributed by atoms with E-state index in [-0.39, 0.29) is 30.6 Å². The summed E-state index contributed by atoms with van der Waals surface area (Å²) >= 11 is 5.95. The summed E-state index contributed by atoms with van der Waals surface area (Å²) in [7, 11) is 2.01. The number of carbonyl (C=O) groups is 1. The second kappa shape index (κ2) is 13.3. The summed E-state index contributed by atoms with van der Waals surface area (Å²) in [6.45, 7) is 4.14. The van der Waals surface area contributed by atoms with Crippen LogP contribution in [0, 0.1) is 0 Å². The Morgan fingerprint density at radius 1 is 1.14 bits per heavy atom. The van der Waals surface area contributed by atoms with Crippen molar-refractivity contribution in [3.8, 4) is 5.75 Å². The summed E-state index contributed by atoms with van der Waals surface area (Å²) < 4.78 is 5.27. The van der Waals surface area contributed by atoms with E-state index in [0.29, 0.717) is 12.3 Å². The van der Waals surface area contributed by atoms with Crippen LogP contribution >= 0.6 is 35.6 Å². The number of rotatable bonds is 9. The zero-order chi connectivity index (χ0) is 20.4. The number of halogens is 2. The van der Waals surface area contributed by atoms with E-state index in [4.69, 9.17) is 27.1 Å². The van der Waals surface area contributed by atoms with Crippen LogP contribution in [0.15, 0.2) is 53.5 Å². The highest BCUT2D eigenvalue weighted by molar-refractivity contribution is 14.0. The first-order chi connectivity index (χ1) is 13.5. The maximum atomic E-state index is 10.7. The maximum Gasteiger partial charge on any atom is 0.255 e. The van der Waals surface area contributed by atoms with Gasteiger partial charge in [0.25, 0.3) is 5.91 Å². The van der Waals surface area contributed by atoms with Gasteiger partial charge in [-0.25, -0.2) is 0 Å². The maximum absolute atomic E-state index is 10.7. The van der Waals surface area contributed by atoms with E-state index in [2.05, 4.69) is 17.1 Å². The van der Waals surface area contributed by atoms with E-state index in [1.54, 1.807) is 0 Å². The molecule has 0 atom stereocenters. The molecule has 8 heteroatoms. The molecule has 2 aromatic carbocycles. The van der Waals surface area contributed by atoms with E-state index >= 15 is 0 Å². The number of benzene rings is 2. The Morgan fingerprint density at radius 3 is 2.34 bits per heavy atom. The first kappa shape index (κ1) is 25.0. The minimum absolute atomic E-state index is 0. The monoisotopic (exact) mass is 530 g/mol. The SMILES string of the molecule is CCNC(=NCCc1ccc(OCC(N)=O)cc1)N(C)Cc1ccc(Cl)cc1.I. The van der Waals surface area contributed by atoms with Gasteiger partial charge >= 0.3 is 0 Å². The number of primary amides is 1. The predicted octanol–water partition coefficient (Wildman–Crippen LogP) is 3.46. The van der Waals surface area contributed by atoms with Gasteiger partial charge in [-0.15, -0.1) is 24.0 Å². The van der Waals surface area contributed by atoms with E-state index < -0.39 is 5.91 Å². The summed E-state index contributed by atoms with van der Waals surface area (Å²) in [5.41, 5.74) is 7.39. The third kappa shape index (κ3) is 9.36. The molecule has 0 aliphatic heterocycles. The molecular weight excluding hydrogens is 503 g/mol. The molecule has 0 fully saturated rings. The third-order valence-electron chi connectivity index (χ3n) is 4.00. The molecule has 158 valence electrons. The summed E-state index contributed by atoms with van der Waals surface area (Å²) in [5, 5.41) is 4.06. The van der Waals surface area contributed by atoms with Crippen LogP contribution in [0.1, 0.15) is 18.1 Å². The lowest BCUT2D eigenvalue weighted by atomic mass is 10.1. The molecule has 0 unspecified atom stereocenters. The normalized spacial score (nSPS) is 10.8. The van der Waals surface area contributed by atoms with Gasteiger partial charge in [0, 0.05) is 31.7 Å². The molecule has 0 aromatic heterocycles. The number of hydrogen-bond donors (Lipinski definition) is 2. The summed E-state index contributed by atoms with van der Waals surface area (Å²) in [6.07, 6.45) is 0.805. The van der Waals surface area contributed by atoms with Crippen LogP contribution in [-0.2, 0) is 17.8 Å². The molecule has 0 bridgehead atoms. The molecule has 6 nitrogen and oxygen atoms in total. The van der Waals surface area contributed by atoms with E-state index in [9.17, 15) is 4.79 Å². The molecule has 0 saturated heterocycles. The second-order valence-electron chi connectivity index (χ2n) is 6.37. The minimum atomic E-state index is -0.489. The highest BCUT2D eigenvalue weighted by Crippen LogP contribution is 2.13. The van der Waals surface area contributed by atoms with Crippen molar-refractivity contribution in [2.45, 2.75) is 19.9 Å². The molecule has 0 spiro atoms. The zero-order valence-electron chi connectivity index (χ0n) is 16.7. The summed E-state index contributed by atoms with van der Waals surface area (Å²) in [6, 6.07) is 15.4. The number of nitrogens with zero attached hydrogens (tertiary/aromatic N) is 2. The Balaban J connectivity index is 0.00000420. The number of guanidine groups is 1. The zero-order valence-corrected chi connectivity index (χ0v) is 19.8. The molecular formula is C21H28ClIN4O2. The fourth-order valence-corrected chi connectivity index (χ4v) is 2.73. The van der Waals surface area contributed by atoms with Crippen LogP contribution in [0.3, 0.4) is 0 Å². The largest absolute Gasteiger partial charge is 0.484 e. The van der Waals surface area contributed by atoms with E-state index in [0.717, 1.165) is 36.1 Å². The van der Waals surface area contributed by atoms with Crippen molar-refractivity contribution in [2.75, 3.05) is 26.7 Å². The molecule has 0 aliphatic carbocycles. The van der Waals surface area contributed by atoms with Crippen LogP contribution in [0.4, 0.5) is 0 Å². The van der Waals surface area contributed by atoms with Gasteiger partial charge in [0.15, 0.2) is 12.6 Å². The Hall–Kier alpha value is -2.00. The van der Waals surface area contributed by atoms with Crippen molar-refractivity contribution in [1.82, 2.24) is 10.2 Å². The van der Waals surface area contributed by atoms with Crippen LogP contribution in [0.2, 0.25) is 5.02 Å². The Bertz CT molecular complexity index is 782. The van der Waals surface area contributed by atoms with Gasteiger partial charge in [0.1, 0.15) is 5.75 Å². The Kier molecular flexibility index (Phi) is 11.5. The van der Waals surface area contributed by atoms with Crippen molar-refractivity contribution >= 4 is 47.4 Å². The van der Waals surface area contributed by atoms with Gasteiger partial charge in [0.2, 0.25) is 0 Å². The first-order valence-corrected chi connectivity index (χ1v) is 9.59.